The van der Waals surface area contributed by atoms with E-state index in [1.54, 1.807) is 38.6 Å². The minimum absolute atomic E-state index is 0.109. The molecule has 0 atom stereocenters. The van der Waals surface area contributed by atoms with E-state index >= 15 is 0 Å². The van der Waals surface area contributed by atoms with Gasteiger partial charge in [0.25, 0.3) is 0 Å². The van der Waals surface area contributed by atoms with Crippen molar-refractivity contribution in [1.29, 1.82) is 0 Å². The summed E-state index contributed by atoms with van der Waals surface area (Å²) in [5, 5.41) is 3.11. The van der Waals surface area contributed by atoms with Crippen LogP contribution < -0.4 is 14.8 Å². The quantitative estimate of drug-likeness (QED) is 0.643. The van der Waals surface area contributed by atoms with Crippen LogP contribution in [-0.4, -0.2) is 20.0 Å². The average Bonchev–Trinajstić information content (AvgIpc) is 2.57. The number of ketones is 1. The van der Waals surface area contributed by atoms with Gasteiger partial charge in [-0.15, -0.1) is 0 Å². The normalized spacial score (nSPS) is 10.6. The highest BCUT2D eigenvalue weighted by Gasteiger charge is 2.08. The molecule has 2 rings (SSSR count). The van der Waals surface area contributed by atoms with Gasteiger partial charge in [-0.05, 0) is 55.3 Å². The van der Waals surface area contributed by atoms with Crippen LogP contribution in [-0.2, 0) is 0 Å². The number of benzene rings is 2. The van der Waals surface area contributed by atoms with Crippen molar-refractivity contribution in [1.82, 2.24) is 0 Å². The molecule has 0 heterocycles. The molecule has 120 valence electrons. The highest BCUT2D eigenvalue weighted by Crippen LogP contribution is 2.27. The Bertz CT molecular complexity index is 735. The lowest BCUT2D eigenvalue weighted by molar-refractivity contribution is 0.104. The Morgan fingerprint density at radius 2 is 1.70 bits per heavy atom. The monoisotopic (exact) mass is 311 g/mol. The molecule has 0 aliphatic carbocycles. The smallest absolute Gasteiger partial charge is 0.187 e. The fourth-order valence-electron chi connectivity index (χ4n) is 2.13. The first kappa shape index (κ1) is 16.6. The van der Waals surface area contributed by atoms with Gasteiger partial charge >= 0.3 is 0 Å². The predicted molar refractivity (Wildman–Crippen MR) is 92.6 cm³/mol. The Kier molecular flexibility index (Phi) is 5.41. The molecule has 0 aliphatic heterocycles. The van der Waals surface area contributed by atoms with Crippen molar-refractivity contribution in [2.45, 2.75) is 13.8 Å². The number of carbonyl (C=O) groups excluding carboxylic acids is 1. The van der Waals surface area contributed by atoms with E-state index in [1.807, 2.05) is 18.2 Å². The van der Waals surface area contributed by atoms with Gasteiger partial charge in [0.15, 0.2) is 17.3 Å². The van der Waals surface area contributed by atoms with Gasteiger partial charge in [0.1, 0.15) is 0 Å². The van der Waals surface area contributed by atoms with Crippen LogP contribution in [0.1, 0.15) is 21.5 Å². The second-order valence-corrected chi connectivity index (χ2v) is 5.21. The summed E-state index contributed by atoms with van der Waals surface area (Å²) in [6.45, 7) is 4.12. The number of hydrogen-bond donors (Lipinski definition) is 1. The van der Waals surface area contributed by atoms with Gasteiger partial charge in [-0.25, -0.2) is 0 Å². The van der Waals surface area contributed by atoms with Crippen LogP contribution in [0.3, 0.4) is 0 Å². The highest BCUT2D eigenvalue weighted by molar-refractivity contribution is 6.05. The largest absolute Gasteiger partial charge is 0.493 e. The number of hydrogen-bond acceptors (Lipinski definition) is 4. The molecular formula is C19H21NO3. The zero-order valence-electron chi connectivity index (χ0n) is 13.8. The van der Waals surface area contributed by atoms with E-state index in [9.17, 15) is 4.79 Å². The summed E-state index contributed by atoms with van der Waals surface area (Å²) in [6, 6.07) is 11.2. The summed E-state index contributed by atoms with van der Waals surface area (Å²) >= 11 is 0. The van der Waals surface area contributed by atoms with Crippen LogP contribution in [0.2, 0.25) is 0 Å². The Balaban J connectivity index is 2.07. The molecule has 0 spiro atoms. The lowest BCUT2D eigenvalue weighted by Gasteiger charge is -2.08. The van der Waals surface area contributed by atoms with Crippen LogP contribution in [0.15, 0.2) is 48.7 Å². The topological polar surface area (TPSA) is 47.6 Å². The van der Waals surface area contributed by atoms with E-state index in [0.29, 0.717) is 17.1 Å². The molecule has 4 heteroatoms. The molecule has 0 aliphatic rings. The number of methoxy groups -OCH3 is 2. The molecule has 2 aromatic carbocycles. The van der Waals surface area contributed by atoms with Crippen LogP contribution in [0, 0.1) is 13.8 Å². The molecule has 23 heavy (non-hydrogen) atoms. The number of ether oxygens (including phenoxy) is 2. The molecule has 0 aromatic heterocycles. The molecule has 2 aromatic rings. The third-order valence-electron chi connectivity index (χ3n) is 3.66. The molecule has 0 unspecified atom stereocenters. The van der Waals surface area contributed by atoms with E-state index in [-0.39, 0.29) is 5.78 Å². The first-order chi connectivity index (χ1) is 11.0. The van der Waals surface area contributed by atoms with Crippen LogP contribution in [0.25, 0.3) is 0 Å². The maximum Gasteiger partial charge on any atom is 0.187 e. The standard InChI is InChI=1S/C19H21NO3/c1-13-5-7-16(11-14(13)2)20-10-9-17(21)15-6-8-18(22-3)19(12-15)23-4/h5-12,20H,1-4H3/b10-9+. The van der Waals surface area contributed by atoms with Crippen molar-refractivity contribution in [3.05, 3.63) is 65.4 Å². The molecule has 1 N–H and O–H groups in total. The first-order valence-electron chi connectivity index (χ1n) is 7.32. The van der Waals surface area contributed by atoms with E-state index < -0.39 is 0 Å². The highest BCUT2D eigenvalue weighted by atomic mass is 16.5. The van der Waals surface area contributed by atoms with Crippen molar-refractivity contribution < 1.29 is 14.3 Å². The van der Waals surface area contributed by atoms with Crippen molar-refractivity contribution in [2.24, 2.45) is 0 Å². The predicted octanol–water partition coefficient (Wildman–Crippen LogP) is 4.13. The number of nitrogens with one attached hydrogen (secondary N) is 1. The van der Waals surface area contributed by atoms with E-state index in [1.165, 1.54) is 17.2 Å². The van der Waals surface area contributed by atoms with Crippen molar-refractivity contribution in [3.8, 4) is 11.5 Å². The second-order valence-electron chi connectivity index (χ2n) is 5.21. The first-order valence-corrected chi connectivity index (χ1v) is 7.32. The number of anilines is 1. The lowest BCUT2D eigenvalue weighted by Crippen LogP contribution is -1.99. The maximum absolute atomic E-state index is 12.2. The van der Waals surface area contributed by atoms with Crippen molar-refractivity contribution in [2.75, 3.05) is 19.5 Å². The summed E-state index contributed by atoms with van der Waals surface area (Å²) in [6.07, 6.45) is 3.14. The van der Waals surface area contributed by atoms with E-state index in [2.05, 4.69) is 19.2 Å². The average molecular weight is 311 g/mol. The zero-order chi connectivity index (χ0) is 16.8. The fraction of sp³-hybridized carbons (Fsp3) is 0.211. The van der Waals surface area contributed by atoms with Gasteiger partial charge in [-0.1, -0.05) is 6.07 Å². The molecule has 0 amide bonds. The molecular weight excluding hydrogens is 290 g/mol. The second kappa shape index (κ2) is 7.49. The summed E-state index contributed by atoms with van der Waals surface area (Å²) in [4.78, 5) is 12.2. The van der Waals surface area contributed by atoms with E-state index in [4.69, 9.17) is 9.47 Å². The molecule has 0 saturated heterocycles. The zero-order valence-corrected chi connectivity index (χ0v) is 13.8. The number of allylic oxidation sites excluding steroid dienone is 1. The lowest BCUT2D eigenvalue weighted by atomic mass is 10.1. The van der Waals surface area contributed by atoms with Gasteiger partial charge in [0.2, 0.25) is 0 Å². The SMILES string of the molecule is COc1ccc(C(=O)/C=C/Nc2ccc(C)c(C)c2)cc1OC. The maximum atomic E-state index is 12.2. The molecule has 0 saturated carbocycles. The van der Waals surface area contributed by atoms with Crippen LogP contribution >= 0.6 is 0 Å². The molecule has 0 radical (unpaired) electrons. The molecule has 4 nitrogen and oxygen atoms in total. The summed E-state index contributed by atoms with van der Waals surface area (Å²) in [7, 11) is 3.11. The minimum Gasteiger partial charge on any atom is -0.493 e. The van der Waals surface area contributed by atoms with Gasteiger partial charge in [0, 0.05) is 23.5 Å². The number of aryl methyl sites for hydroxylation is 2. The summed E-state index contributed by atoms with van der Waals surface area (Å²) < 4.78 is 10.4. The minimum atomic E-state index is -0.109. The third kappa shape index (κ3) is 4.13. The fourth-order valence-corrected chi connectivity index (χ4v) is 2.13. The van der Waals surface area contributed by atoms with Gasteiger partial charge < -0.3 is 14.8 Å². The number of rotatable bonds is 6. The van der Waals surface area contributed by atoms with Gasteiger partial charge in [-0.3, -0.25) is 4.79 Å². The van der Waals surface area contributed by atoms with Crippen molar-refractivity contribution >= 4 is 11.5 Å². The van der Waals surface area contributed by atoms with Crippen LogP contribution in [0.4, 0.5) is 5.69 Å². The molecule has 0 fully saturated rings. The van der Waals surface area contributed by atoms with Gasteiger partial charge in [-0.2, -0.15) is 0 Å². The summed E-state index contributed by atoms with van der Waals surface area (Å²) in [5.74, 6) is 1.03. The molecule has 0 bridgehead atoms. The van der Waals surface area contributed by atoms with Crippen LogP contribution in [0.5, 0.6) is 11.5 Å². The Hall–Kier alpha value is -2.75. The Morgan fingerprint density at radius 1 is 0.957 bits per heavy atom. The van der Waals surface area contributed by atoms with E-state index in [0.717, 1.165) is 5.69 Å². The van der Waals surface area contributed by atoms with Gasteiger partial charge in [0.05, 0.1) is 14.2 Å². The number of carbonyl (C=O) groups is 1. The Morgan fingerprint density at radius 3 is 2.35 bits per heavy atom. The summed E-state index contributed by atoms with van der Waals surface area (Å²) in [5.41, 5.74) is 3.93. The Labute approximate surface area is 136 Å². The van der Waals surface area contributed by atoms with Crippen molar-refractivity contribution in [3.63, 3.8) is 0 Å². The third-order valence-corrected chi connectivity index (χ3v) is 3.66.